The summed E-state index contributed by atoms with van der Waals surface area (Å²) < 4.78 is 5.71. The number of anilines is 1. The van der Waals surface area contributed by atoms with Crippen molar-refractivity contribution in [2.24, 2.45) is 0 Å². The number of H-pyrrole nitrogens is 1. The minimum absolute atomic E-state index is 0.189. The lowest BCUT2D eigenvalue weighted by Crippen LogP contribution is -2.42. The van der Waals surface area contributed by atoms with Crippen LogP contribution in [0.2, 0.25) is 0 Å². The lowest BCUT2D eigenvalue weighted by atomic mass is 9.94. The van der Waals surface area contributed by atoms with Crippen LogP contribution in [0.4, 0.5) is 5.82 Å². The van der Waals surface area contributed by atoms with Crippen molar-refractivity contribution in [2.45, 2.75) is 49.1 Å². The van der Waals surface area contributed by atoms with E-state index in [2.05, 4.69) is 36.7 Å². The van der Waals surface area contributed by atoms with E-state index in [0.717, 1.165) is 61.2 Å². The van der Waals surface area contributed by atoms with Crippen molar-refractivity contribution in [3.05, 3.63) is 16.7 Å². The Bertz CT molecular complexity index is 649. The number of nitriles is 1. The highest BCUT2D eigenvalue weighted by atomic mass is 32.2. The standard InChI is InChI=1S/C18H25N3OS2/c1-4-9-23-17-14(11-19)13-10-18(2,3)24-12-15(13)16(20-17)21-5-7-22-8-6-21/h4-10,12H2,1-3H3/p+1. The molecule has 130 valence electrons. The molecule has 0 atom stereocenters. The molecule has 1 aromatic heterocycles. The van der Waals surface area contributed by atoms with Gasteiger partial charge in [0.1, 0.15) is 24.7 Å². The first-order valence-electron chi connectivity index (χ1n) is 8.66. The minimum Gasteiger partial charge on any atom is -0.373 e. The fourth-order valence-corrected chi connectivity index (χ4v) is 5.24. The maximum absolute atomic E-state index is 9.82. The Morgan fingerprint density at radius 1 is 1.33 bits per heavy atom. The van der Waals surface area contributed by atoms with E-state index in [1.807, 2.05) is 11.8 Å². The summed E-state index contributed by atoms with van der Waals surface area (Å²) in [6.45, 7) is 10.1. The van der Waals surface area contributed by atoms with Gasteiger partial charge in [-0.2, -0.15) is 17.0 Å². The Balaban J connectivity index is 2.09. The topological polar surface area (TPSA) is 50.4 Å². The number of nitrogens with zero attached hydrogens (tertiary/aromatic N) is 2. The number of fused-ring (bicyclic) bond motifs is 1. The predicted molar refractivity (Wildman–Crippen MR) is 101 cm³/mol. The van der Waals surface area contributed by atoms with E-state index >= 15 is 0 Å². The monoisotopic (exact) mass is 364 g/mol. The van der Waals surface area contributed by atoms with Crippen LogP contribution in [0.25, 0.3) is 0 Å². The zero-order chi connectivity index (χ0) is 17.2. The Kier molecular flexibility index (Phi) is 5.63. The molecule has 0 amide bonds. The molecule has 4 nitrogen and oxygen atoms in total. The summed E-state index contributed by atoms with van der Waals surface area (Å²) in [7, 11) is 0. The summed E-state index contributed by atoms with van der Waals surface area (Å²) in [6.07, 6.45) is 2.07. The third-order valence-corrected chi connectivity index (χ3v) is 7.08. The van der Waals surface area contributed by atoms with Gasteiger partial charge in [-0.05, 0) is 18.4 Å². The number of aromatic nitrogens is 1. The molecular weight excluding hydrogens is 338 g/mol. The molecule has 1 N–H and O–H groups in total. The Morgan fingerprint density at radius 2 is 2.08 bits per heavy atom. The van der Waals surface area contributed by atoms with Crippen LogP contribution in [-0.4, -0.2) is 36.8 Å². The second-order valence-electron chi connectivity index (χ2n) is 6.92. The molecule has 0 spiro atoms. The molecule has 3 heterocycles. The van der Waals surface area contributed by atoms with Crippen molar-refractivity contribution in [1.82, 2.24) is 0 Å². The Labute approximate surface area is 153 Å². The smallest absolute Gasteiger partial charge is 0.279 e. The quantitative estimate of drug-likeness (QED) is 0.768. The maximum Gasteiger partial charge on any atom is 0.279 e. The average Bonchev–Trinajstić information content (AvgIpc) is 2.58. The summed E-state index contributed by atoms with van der Waals surface area (Å²) in [5.74, 6) is 3.22. The molecule has 3 rings (SSSR count). The molecule has 1 aromatic rings. The number of hydrogen-bond donors (Lipinski definition) is 0. The van der Waals surface area contributed by atoms with E-state index in [9.17, 15) is 5.26 Å². The first kappa shape index (κ1) is 17.9. The Hall–Kier alpha value is -0.900. The minimum atomic E-state index is 0.189. The number of pyridine rings is 1. The van der Waals surface area contributed by atoms with Gasteiger partial charge in [-0.3, -0.25) is 4.90 Å². The first-order valence-corrected chi connectivity index (χ1v) is 10.6. The third-order valence-electron chi connectivity index (χ3n) is 4.51. The summed E-state index contributed by atoms with van der Waals surface area (Å²) in [5.41, 5.74) is 3.47. The van der Waals surface area contributed by atoms with Gasteiger partial charge in [0.05, 0.1) is 18.8 Å². The second-order valence-corrected chi connectivity index (χ2v) is 9.71. The fraction of sp³-hybridized carbons (Fsp3) is 0.667. The van der Waals surface area contributed by atoms with Crippen LogP contribution in [-0.2, 0) is 16.9 Å². The van der Waals surface area contributed by atoms with Crippen LogP contribution in [0.3, 0.4) is 0 Å². The summed E-state index contributed by atoms with van der Waals surface area (Å²) in [5, 5.41) is 10.9. The molecule has 0 unspecified atom stereocenters. The van der Waals surface area contributed by atoms with E-state index in [0.29, 0.717) is 0 Å². The number of morpholine rings is 1. The van der Waals surface area contributed by atoms with Crippen molar-refractivity contribution in [2.75, 3.05) is 37.0 Å². The molecule has 0 aliphatic carbocycles. The van der Waals surface area contributed by atoms with Gasteiger partial charge in [0.25, 0.3) is 5.82 Å². The van der Waals surface area contributed by atoms with Gasteiger partial charge in [-0.15, -0.1) is 0 Å². The summed E-state index contributed by atoms with van der Waals surface area (Å²) in [6, 6.07) is 2.50. The predicted octanol–water partition coefficient (Wildman–Crippen LogP) is 3.28. The van der Waals surface area contributed by atoms with E-state index in [1.165, 1.54) is 16.9 Å². The molecule has 2 aliphatic heterocycles. The molecule has 6 heteroatoms. The van der Waals surface area contributed by atoms with Crippen molar-refractivity contribution in [3.63, 3.8) is 0 Å². The zero-order valence-electron chi connectivity index (χ0n) is 14.8. The van der Waals surface area contributed by atoms with Crippen molar-refractivity contribution in [3.8, 4) is 6.07 Å². The van der Waals surface area contributed by atoms with Gasteiger partial charge < -0.3 is 4.74 Å². The number of aromatic amines is 1. The molecule has 0 radical (unpaired) electrons. The highest BCUT2D eigenvalue weighted by Gasteiger charge is 2.36. The average molecular weight is 365 g/mol. The number of hydrogen-bond acceptors (Lipinski definition) is 5. The number of nitrogens with one attached hydrogen (secondary N) is 1. The van der Waals surface area contributed by atoms with E-state index in [-0.39, 0.29) is 4.75 Å². The van der Waals surface area contributed by atoms with Crippen LogP contribution in [0, 0.1) is 11.3 Å². The highest BCUT2D eigenvalue weighted by Crippen LogP contribution is 2.43. The van der Waals surface area contributed by atoms with Gasteiger partial charge in [0.15, 0.2) is 5.03 Å². The van der Waals surface area contributed by atoms with E-state index in [4.69, 9.17) is 4.74 Å². The van der Waals surface area contributed by atoms with Gasteiger partial charge >= 0.3 is 0 Å². The maximum atomic E-state index is 9.82. The number of ether oxygens (including phenoxy) is 1. The molecule has 0 saturated carbocycles. The number of rotatable bonds is 4. The molecule has 1 fully saturated rings. The van der Waals surface area contributed by atoms with E-state index in [1.54, 1.807) is 11.8 Å². The highest BCUT2D eigenvalue weighted by molar-refractivity contribution is 8.00. The largest absolute Gasteiger partial charge is 0.373 e. The van der Waals surface area contributed by atoms with Crippen molar-refractivity contribution >= 4 is 29.3 Å². The second kappa shape index (κ2) is 7.55. The molecule has 0 aromatic carbocycles. The number of thioether (sulfide) groups is 2. The van der Waals surface area contributed by atoms with Crippen LogP contribution in [0.15, 0.2) is 5.03 Å². The van der Waals surface area contributed by atoms with Crippen LogP contribution < -0.4 is 9.88 Å². The lowest BCUT2D eigenvalue weighted by molar-refractivity contribution is -0.414. The molecule has 0 bridgehead atoms. The first-order chi connectivity index (χ1) is 11.6. The van der Waals surface area contributed by atoms with Crippen molar-refractivity contribution in [1.29, 1.82) is 5.26 Å². The Morgan fingerprint density at radius 3 is 2.75 bits per heavy atom. The van der Waals surface area contributed by atoms with Gasteiger partial charge in [0, 0.05) is 16.3 Å². The van der Waals surface area contributed by atoms with Gasteiger partial charge in [-0.1, -0.05) is 32.5 Å². The molecule has 2 aliphatic rings. The van der Waals surface area contributed by atoms with E-state index < -0.39 is 0 Å². The summed E-state index contributed by atoms with van der Waals surface area (Å²) >= 11 is 3.77. The fourth-order valence-electron chi connectivity index (χ4n) is 3.26. The molecule has 1 saturated heterocycles. The zero-order valence-corrected chi connectivity index (χ0v) is 16.4. The van der Waals surface area contributed by atoms with Crippen LogP contribution in [0.1, 0.15) is 43.9 Å². The van der Waals surface area contributed by atoms with Crippen molar-refractivity contribution < 1.29 is 9.72 Å². The third kappa shape index (κ3) is 3.68. The van der Waals surface area contributed by atoms with Gasteiger partial charge in [-0.25, -0.2) is 4.98 Å². The lowest BCUT2D eigenvalue weighted by Gasteiger charge is -2.33. The molecule has 24 heavy (non-hydrogen) atoms. The SMILES string of the molecule is CCCSc1[nH+]c(N2CCOCC2)c2c(c1C#N)CC(C)(C)SC2. The molecular formula is C18H26N3OS2+. The normalized spacial score (nSPS) is 19.7. The van der Waals surface area contributed by atoms with Crippen LogP contribution >= 0.6 is 23.5 Å². The van der Waals surface area contributed by atoms with Crippen LogP contribution in [0.5, 0.6) is 0 Å². The summed E-state index contributed by atoms with van der Waals surface area (Å²) in [4.78, 5) is 6.02. The van der Waals surface area contributed by atoms with Gasteiger partial charge in [0.2, 0.25) is 0 Å².